The van der Waals surface area contributed by atoms with Gasteiger partial charge in [0.2, 0.25) is 0 Å². The lowest BCUT2D eigenvalue weighted by Gasteiger charge is -2.30. The van der Waals surface area contributed by atoms with Crippen LogP contribution in [0.1, 0.15) is 46.0 Å². The number of fused-ring (bicyclic) bond motifs is 1. The fourth-order valence-corrected chi connectivity index (χ4v) is 4.26. The summed E-state index contributed by atoms with van der Waals surface area (Å²) in [6, 6.07) is 6.94. The van der Waals surface area contributed by atoms with Crippen LogP contribution in [0.2, 0.25) is 0 Å². The zero-order chi connectivity index (χ0) is 18.8. The maximum absolute atomic E-state index is 8.91. The molecular weight excluding hydrogens is 390 g/mol. The van der Waals surface area contributed by atoms with Crippen molar-refractivity contribution in [3.8, 4) is 0 Å². The van der Waals surface area contributed by atoms with Gasteiger partial charge in [0.1, 0.15) is 11.3 Å². The van der Waals surface area contributed by atoms with Crippen molar-refractivity contribution in [2.24, 2.45) is 5.92 Å². The minimum absolute atomic E-state index is 0.176. The summed E-state index contributed by atoms with van der Waals surface area (Å²) >= 11 is 3.51. The van der Waals surface area contributed by atoms with E-state index < -0.39 is 0 Å². The van der Waals surface area contributed by atoms with Gasteiger partial charge in [-0.2, -0.15) is 0 Å². The Hall–Kier alpha value is -1.53. The van der Waals surface area contributed by atoms with Gasteiger partial charge in [0.25, 0.3) is 0 Å². The molecule has 1 aliphatic rings. The van der Waals surface area contributed by atoms with Crippen molar-refractivity contribution >= 4 is 32.8 Å². The molecule has 26 heavy (non-hydrogen) atoms. The summed E-state index contributed by atoms with van der Waals surface area (Å²) in [5, 5.41) is 17.3. The topological polar surface area (TPSA) is 68.8 Å². The molecule has 3 rings (SSSR count). The van der Waals surface area contributed by atoms with Crippen LogP contribution >= 0.6 is 15.9 Å². The lowest BCUT2D eigenvalue weighted by atomic mass is 9.94. The highest BCUT2D eigenvalue weighted by atomic mass is 79.9. The molecule has 1 saturated heterocycles. The van der Waals surface area contributed by atoms with Gasteiger partial charge in [-0.1, -0.05) is 22.4 Å². The molecule has 2 heterocycles. The molecule has 2 aromatic rings. The average Bonchev–Trinajstić information content (AvgIpc) is 2.67. The number of hydrogen-bond donors (Lipinski definition) is 2. The number of rotatable bonds is 1. The van der Waals surface area contributed by atoms with E-state index in [-0.39, 0.29) is 11.4 Å². The van der Waals surface area contributed by atoms with Crippen LogP contribution in [0.25, 0.3) is 11.0 Å². The fourth-order valence-electron chi connectivity index (χ4n) is 3.91. The van der Waals surface area contributed by atoms with Crippen LogP contribution in [0, 0.1) is 16.7 Å². The smallest absolute Gasteiger partial charge is 0.149 e. The van der Waals surface area contributed by atoms with Gasteiger partial charge in [-0.05, 0) is 64.8 Å². The summed E-state index contributed by atoms with van der Waals surface area (Å²) in [6.45, 7) is 4.58. The van der Waals surface area contributed by atoms with E-state index in [1.807, 2.05) is 18.2 Å². The quantitative estimate of drug-likeness (QED) is 0.533. The number of nitrogens with zero attached hydrogens (tertiary/aromatic N) is 3. The molecule has 1 aromatic carbocycles. The van der Waals surface area contributed by atoms with Gasteiger partial charge in [-0.15, -0.1) is 0 Å². The Labute approximate surface area is 163 Å². The highest BCUT2D eigenvalue weighted by Gasteiger charge is 2.24. The highest BCUT2D eigenvalue weighted by Crippen LogP contribution is 2.26. The van der Waals surface area contributed by atoms with Crippen molar-refractivity contribution in [2.45, 2.75) is 58.0 Å². The molecule has 0 aliphatic carbocycles. The molecule has 0 saturated carbocycles. The third-order valence-electron chi connectivity index (χ3n) is 5.87. The van der Waals surface area contributed by atoms with Crippen molar-refractivity contribution in [1.29, 1.82) is 10.8 Å². The first-order valence-electron chi connectivity index (χ1n) is 9.41. The third-order valence-corrected chi connectivity index (χ3v) is 6.36. The maximum atomic E-state index is 8.91. The third kappa shape index (κ3) is 3.91. The molecule has 1 aromatic heterocycles. The normalized spacial score (nSPS) is 25.5. The first-order valence-corrected chi connectivity index (χ1v) is 10.2. The molecule has 0 bridgehead atoms. The van der Waals surface area contributed by atoms with Crippen molar-refractivity contribution in [2.75, 3.05) is 7.05 Å². The lowest BCUT2D eigenvalue weighted by Crippen LogP contribution is -2.36. The minimum atomic E-state index is 0.176. The van der Waals surface area contributed by atoms with Gasteiger partial charge < -0.3 is 4.90 Å². The molecule has 5 nitrogen and oxygen atoms in total. The molecule has 2 N–H and O–H groups in total. The Balaban J connectivity index is 1.95. The first-order chi connectivity index (χ1) is 12.4. The Morgan fingerprint density at radius 2 is 1.88 bits per heavy atom. The van der Waals surface area contributed by atoms with E-state index in [4.69, 9.17) is 10.8 Å². The van der Waals surface area contributed by atoms with Gasteiger partial charge >= 0.3 is 0 Å². The zero-order valence-electron chi connectivity index (χ0n) is 15.8. The zero-order valence-corrected chi connectivity index (χ0v) is 17.4. The van der Waals surface area contributed by atoms with Gasteiger partial charge in [0.15, 0.2) is 0 Å². The molecule has 6 heteroatoms. The number of aromatic nitrogens is 2. The second kappa shape index (κ2) is 8.01. The van der Waals surface area contributed by atoms with E-state index in [2.05, 4.69) is 46.7 Å². The van der Waals surface area contributed by atoms with Crippen LogP contribution in [0.4, 0.5) is 0 Å². The Morgan fingerprint density at radius 1 is 1.15 bits per heavy atom. The molecule has 1 fully saturated rings. The van der Waals surface area contributed by atoms with Crippen molar-refractivity contribution in [3.63, 3.8) is 0 Å². The summed E-state index contributed by atoms with van der Waals surface area (Å²) in [4.78, 5) is 6.82. The first kappa shape index (κ1) is 19.2. The predicted molar refractivity (Wildman–Crippen MR) is 110 cm³/mol. The summed E-state index contributed by atoms with van der Waals surface area (Å²) in [6.07, 6.45) is 6.90. The lowest BCUT2D eigenvalue weighted by molar-refractivity contribution is 0.180. The molecule has 1 unspecified atom stereocenters. The maximum Gasteiger partial charge on any atom is 0.149 e. The fraction of sp³-hybridized carbons (Fsp3) is 0.550. The van der Waals surface area contributed by atoms with Crippen LogP contribution in [0.3, 0.4) is 0 Å². The monoisotopic (exact) mass is 417 g/mol. The van der Waals surface area contributed by atoms with Crippen LogP contribution in [0.15, 0.2) is 28.9 Å². The van der Waals surface area contributed by atoms with Crippen molar-refractivity contribution < 1.29 is 0 Å². The molecule has 1 aliphatic heterocycles. The van der Waals surface area contributed by atoms with Crippen LogP contribution in [-0.4, -0.2) is 39.4 Å². The van der Waals surface area contributed by atoms with Gasteiger partial charge in [-0.25, -0.2) is 0 Å². The van der Waals surface area contributed by atoms with E-state index in [1.54, 1.807) is 10.8 Å². The van der Waals surface area contributed by atoms with E-state index in [1.165, 1.54) is 0 Å². The Bertz CT molecular complexity index is 859. The van der Waals surface area contributed by atoms with Gasteiger partial charge in [0.05, 0.1) is 17.2 Å². The molecule has 0 radical (unpaired) electrons. The number of hydrogen-bond acceptors (Lipinski definition) is 4. The molecule has 3 atom stereocenters. The van der Waals surface area contributed by atoms with Crippen LogP contribution < -0.4 is 5.49 Å². The second-order valence-corrected chi connectivity index (χ2v) is 8.48. The SMILES string of the molecule is C[C@@H]1CCCC(C(=N)n2c(=N)cnc3ccc(Br)cc32)CC[C@H](C)N1C. The van der Waals surface area contributed by atoms with Gasteiger partial charge in [0, 0.05) is 22.5 Å². The van der Waals surface area contributed by atoms with Crippen molar-refractivity contribution in [1.82, 2.24) is 14.5 Å². The van der Waals surface area contributed by atoms with E-state index in [9.17, 15) is 0 Å². The highest BCUT2D eigenvalue weighted by molar-refractivity contribution is 9.10. The number of nitrogens with one attached hydrogen (secondary N) is 2. The Kier molecular flexibility index (Phi) is 5.92. The van der Waals surface area contributed by atoms with Crippen molar-refractivity contribution in [3.05, 3.63) is 34.4 Å². The standard InChI is InChI=1S/C20H28BrN5/c1-13-5-4-6-15(8-7-14(2)25(13)3)20(23)26-18-11-16(21)9-10-17(18)24-12-19(26)22/h9-15,22-23H,4-8H2,1-3H3/t13-,14+,15?/m1/s1. The summed E-state index contributed by atoms with van der Waals surface area (Å²) in [5.74, 6) is 0.708. The number of halogens is 1. The molecule has 0 spiro atoms. The number of benzene rings is 1. The largest absolute Gasteiger partial charge is 0.301 e. The predicted octanol–water partition coefficient (Wildman–Crippen LogP) is 4.39. The average molecular weight is 418 g/mol. The van der Waals surface area contributed by atoms with E-state index >= 15 is 0 Å². The second-order valence-electron chi connectivity index (χ2n) is 7.57. The molecule has 0 amide bonds. The molecule has 140 valence electrons. The Morgan fingerprint density at radius 3 is 2.65 bits per heavy atom. The summed E-state index contributed by atoms with van der Waals surface area (Å²) < 4.78 is 2.71. The molecular formula is C20H28BrN5. The van der Waals surface area contributed by atoms with Crippen LogP contribution in [-0.2, 0) is 0 Å². The van der Waals surface area contributed by atoms with E-state index in [0.29, 0.717) is 17.9 Å². The summed E-state index contributed by atoms with van der Waals surface area (Å²) in [5.41, 5.74) is 1.92. The minimum Gasteiger partial charge on any atom is -0.301 e. The summed E-state index contributed by atoms with van der Waals surface area (Å²) in [7, 11) is 2.21. The van der Waals surface area contributed by atoms with E-state index in [0.717, 1.165) is 47.6 Å². The van der Waals surface area contributed by atoms with Crippen LogP contribution in [0.5, 0.6) is 0 Å². The van der Waals surface area contributed by atoms with Gasteiger partial charge in [-0.3, -0.25) is 20.4 Å².